The van der Waals surface area contributed by atoms with E-state index in [1.807, 2.05) is 14.1 Å². The molecular formula is C50H60N8+2. The Kier molecular flexibility index (Phi) is 13.2. The van der Waals surface area contributed by atoms with E-state index in [1.165, 1.54) is 71.4 Å². The normalized spacial score (nSPS) is 13.4. The molecule has 0 saturated heterocycles. The zero-order valence-electron chi connectivity index (χ0n) is 35.2. The number of quaternary nitrogens is 1. The van der Waals surface area contributed by atoms with Gasteiger partial charge in [-0.05, 0) is 106 Å². The molecule has 5 aromatic carbocycles. The maximum absolute atomic E-state index is 5.15. The highest BCUT2D eigenvalue weighted by Gasteiger charge is 2.24. The van der Waals surface area contributed by atoms with Crippen LogP contribution < -0.4 is 31.2 Å². The summed E-state index contributed by atoms with van der Waals surface area (Å²) in [5, 5.41) is 16.4. The summed E-state index contributed by atoms with van der Waals surface area (Å²) < 4.78 is 2.37. The van der Waals surface area contributed by atoms with Crippen LogP contribution in [0.5, 0.6) is 0 Å². The Balaban J connectivity index is 0.874. The number of hydrogen-bond donors (Lipinski definition) is 5. The van der Waals surface area contributed by atoms with Gasteiger partial charge in [0, 0.05) is 91.9 Å². The second kappa shape index (κ2) is 19.0. The zero-order chi connectivity index (χ0) is 40.4. The molecule has 1 heterocycles. The molecule has 1 aliphatic rings. The lowest BCUT2D eigenvalue weighted by atomic mass is 10.0. The number of nitrogens with zero attached hydrogens (tertiary/aromatic N) is 3. The monoisotopic (exact) mass is 772 g/mol. The van der Waals surface area contributed by atoms with Crippen molar-refractivity contribution in [1.82, 2.24) is 10.3 Å². The topological polar surface area (TPSA) is 93.9 Å². The molecule has 1 aliphatic carbocycles. The average molecular weight is 773 g/mol. The molecule has 0 unspecified atom stereocenters. The van der Waals surface area contributed by atoms with Gasteiger partial charge in [0.15, 0.2) is 5.69 Å². The fraction of sp³-hybridized carbons (Fsp3) is 0.300. The van der Waals surface area contributed by atoms with E-state index in [9.17, 15) is 0 Å². The molecule has 0 radical (unpaired) electrons. The summed E-state index contributed by atoms with van der Waals surface area (Å²) in [7, 11) is 3.95. The minimum Gasteiger partial charge on any atom is -0.388 e. The largest absolute Gasteiger partial charge is 0.388 e. The number of benzene rings is 5. The van der Waals surface area contributed by atoms with Crippen molar-refractivity contribution in [2.75, 3.05) is 43.1 Å². The minimum absolute atomic E-state index is 0.848. The maximum atomic E-state index is 5.15. The zero-order valence-corrected chi connectivity index (χ0v) is 35.2. The van der Waals surface area contributed by atoms with Gasteiger partial charge in [-0.25, -0.2) is 9.98 Å². The molecule has 7 rings (SSSR count). The van der Waals surface area contributed by atoms with Crippen molar-refractivity contribution in [3.63, 3.8) is 0 Å². The number of aromatic nitrogens is 2. The Bertz CT molecular complexity index is 2470. The van der Waals surface area contributed by atoms with E-state index in [4.69, 9.17) is 9.98 Å². The highest BCUT2D eigenvalue weighted by Crippen LogP contribution is 2.31. The van der Waals surface area contributed by atoms with E-state index in [1.54, 1.807) is 0 Å². The molecule has 6 aromatic rings. The summed E-state index contributed by atoms with van der Waals surface area (Å²) in [6.07, 6.45) is 12.6. The third kappa shape index (κ3) is 9.41. The van der Waals surface area contributed by atoms with Crippen molar-refractivity contribution in [3.8, 4) is 5.69 Å². The highest BCUT2D eigenvalue weighted by molar-refractivity contribution is 6.00. The van der Waals surface area contributed by atoms with Gasteiger partial charge >= 0.3 is 0 Å². The minimum atomic E-state index is 0.848. The van der Waals surface area contributed by atoms with Crippen LogP contribution >= 0.6 is 0 Å². The second-order valence-corrected chi connectivity index (χ2v) is 15.6. The fourth-order valence-electron chi connectivity index (χ4n) is 8.08. The van der Waals surface area contributed by atoms with Crippen LogP contribution in [0.15, 0.2) is 125 Å². The number of aryl methyl sites for hydroxylation is 3. The van der Waals surface area contributed by atoms with Crippen LogP contribution in [-0.2, 0) is 0 Å². The van der Waals surface area contributed by atoms with Crippen LogP contribution in [0, 0.1) is 20.8 Å². The molecule has 1 aromatic heterocycles. The second-order valence-electron chi connectivity index (χ2n) is 15.6. The van der Waals surface area contributed by atoms with Crippen molar-refractivity contribution in [1.29, 1.82) is 0 Å². The van der Waals surface area contributed by atoms with Gasteiger partial charge in [0.1, 0.15) is 22.4 Å². The smallest absolute Gasteiger partial charge is 0.242 e. The molecule has 298 valence electrons. The number of unbranched alkanes of at least 4 members (excludes halogenated alkanes) is 5. The number of aliphatic imine (C=N–C) groups is 1. The number of anilines is 3. The molecule has 0 amide bonds. The molecule has 58 heavy (non-hydrogen) atoms. The van der Waals surface area contributed by atoms with Crippen molar-refractivity contribution >= 4 is 61.9 Å². The standard InChI is InChI=1S/C50H58N8/c1-34-29-39(56-46-30-35(2)44(51-5)32-47(46)55-38-19-13-11-14-20-38)23-24-41(34)53-27-17-9-7-8-10-18-28-54-42-25-26-43-50(37(42)4)58(40-21-15-12-16-22-40)49-33-45(52-6)36(3)31-48(49)57-43/h11-16,19-26,30-33,51,53,55H,7-10,17-18,27-29H2,1-6H3,(H,52,54)/p+2. The number of allylic oxidation sites excluding steroid dienone is 3. The van der Waals surface area contributed by atoms with E-state index in [0.29, 0.717) is 0 Å². The van der Waals surface area contributed by atoms with Gasteiger partial charge in [0.25, 0.3) is 0 Å². The first-order valence-electron chi connectivity index (χ1n) is 21.0. The van der Waals surface area contributed by atoms with Crippen molar-refractivity contribution in [3.05, 3.63) is 137 Å². The number of nitrogens with two attached hydrogens (primary N) is 1. The van der Waals surface area contributed by atoms with E-state index >= 15 is 0 Å². The van der Waals surface area contributed by atoms with Crippen LogP contribution in [0.2, 0.25) is 0 Å². The Labute approximate surface area is 344 Å². The lowest BCUT2D eigenvalue weighted by molar-refractivity contribution is -0.538. The molecule has 0 atom stereocenters. The number of rotatable bonds is 17. The van der Waals surface area contributed by atoms with E-state index < -0.39 is 0 Å². The number of hydrogen-bond acceptors (Lipinski definition) is 6. The van der Waals surface area contributed by atoms with E-state index in [0.717, 1.165) is 82.1 Å². The van der Waals surface area contributed by atoms with Gasteiger partial charge in [-0.3, -0.25) is 5.32 Å². The van der Waals surface area contributed by atoms with Gasteiger partial charge in [-0.2, -0.15) is 0 Å². The van der Waals surface area contributed by atoms with Gasteiger partial charge in [-0.15, -0.1) is 4.57 Å². The maximum Gasteiger partial charge on any atom is 0.242 e. The van der Waals surface area contributed by atoms with Gasteiger partial charge in [-0.1, -0.05) is 62.1 Å². The highest BCUT2D eigenvalue weighted by atomic mass is 15.0. The van der Waals surface area contributed by atoms with Crippen molar-refractivity contribution < 1.29 is 9.88 Å². The fourth-order valence-corrected chi connectivity index (χ4v) is 8.08. The number of para-hydroxylation sites is 2. The summed E-state index contributed by atoms with van der Waals surface area (Å²) in [5.41, 5.74) is 19.4. The third-order valence-electron chi connectivity index (χ3n) is 11.3. The molecule has 6 N–H and O–H groups in total. The molecule has 0 saturated carbocycles. The summed E-state index contributed by atoms with van der Waals surface area (Å²) in [6.45, 7) is 10.7. The van der Waals surface area contributed by atoms with Crippen LogP contribution in [0.3, 0.4) is 0 Å². The third-order valence-corrected chi connectivity index (χ3v) is 11.3. The first-order valence-corrected chi connectivity index (χ1v) is 21.0. The van der Waals surface area contributed by atoms with Crippen molar-refractivity contribution in [2.24, 2.45) is 4.99 Å². The molecule has 0 fully saturated rings. The molecule has 0 bridgehead atoms. The molecule has 8 heteroatoms. The Hall–Kier alpha value is -5.99. The number of nitrogens with one attached hydrogen (secondary N) is 4. The first kappa shape index (κ1) is 40.2. The molecular weight excluding hydrogens is 713 g/mol. The van der Waals surface area contributed by atoms with Crippen LogP contribution in [0.1, 0.15) is 68.6 Å². The summed E-state index contributed by atoms with van der Waals surface area (Å²) in [6, 6.07) is 34.3. The summed E-state index contributed by atoms with van der Waals surface area (Å²) >= 11 is 0. The quantitative estimate of drug-likeness (QED) is 0.0276. The summed E-state index contributed by atoms with van der Waals surface area (Å²) in [5.74, 6) is 0. The van der Waals surface area contributed by atoms with Crippen LogP contribution in [0.4, 0.5) is 34.1 Å². The predicted octanol–water partition coefficient (Wildman–Crippen LogP) is 10.5. The van der Waals surface area contributed by atoms with Gasteiger partial charge in [0.2, 0.25) is 16.7 Å². The lowest BCUT2D eigenvalue weighted by Gasteiger charge is -2.17. The van der Waals surface area contributed by atoms with Crippen LogP contribution in [-0.4, -0.2) is 37.9 Å². The molecule has 8 nitrogen and oxygen atoms in total. The van der Waals surface area contributed by atoms with Gasteiger partial charge in [0.05, 0.1) is 0 Å². The predicted molar refractivity (Wildman–Crippen MR) is 246 cm³/mol. The molecule has 0 aliphatic heterocycles. The molecule has 0 spiro atoms. The SMILES string of the molecule is CNc1cc([NH2+]c2ccccc2)c(N=C2C=CC(NCCCCCCCCNc3ccc4nc5cc(C)c(NC)cc5[n+](-c5ccccc5)c4c3C)=C(C)C2)cc1C. The first-order chi connectivity index (χ1) is 28.3. The average Bonchev–Trinajstić information content (AvgIpc) is 3.23. The van der Waals surface area contributed by atoms with Crippen molar-refractivity contribution in [2.45, 2.75) is 72.6 Å². The van der Waals surface area contributed by atoms with Crippen LogP contribution in [0.25, 0.3) is 27.8 Å². The van der Waals surface area contributed by atoms with Gasteiger partial charge < -0.3 is 21.3 Å². The Morgan fingerprint density at radius 2 is 1.31 bits per heavy atom. The number of fused-ring (bicyclic) bond motifs is 2. The Morgan fingerprint density at radius 3 is 2.02 bits per heavy atom. The van der Waals surface area contributed by atoms with E-state index in [2.05, 4.69) is 168 Å². The lowest BCUT2D eigenvalue weighted by Crippen LogP contribution is -2.71. The summed E-state index contributed by atoms with van der Waals surface area (Å²) in [4.78, 5) is 10.3. The van der Waals surface area contributed by atoms with E-state index in [-0.39, 0.29) is 0 Å². The Morgan fingerprint density at radius 1 is 0.655 bits per heavy atom.